The highest BCUT2D eigenvalue weighted by Crippen LogP contribution is 2.33. The van der Waals surface area contributed by atoms with Gasteiger partial charge in [-0.15, -0.1) is 11.3 Å². The van der Waals surface area contributed by atoms with Gasteiger partial charge in [0.1, 0.15) is 10.8 Å². The summed E-state index contributed by atoms with van der Waals surface area (Å²) >= 11 is 6.82. The highest BCUT2D eigenvalue weighted by molar-refractivity contribution is 7.71. The Hall–Kier alpha value is -2.09. The summed E-state index contributed by atoms with van der Waals surface area (Å²) in [5, 5.41) is 0.996. The Balaban J connectivity index is 1.50. The van der Waals surface area contributed by atoms with E-state index in [4.69, 9.17) is 17.0 Å². The largest absolute Gasteiger partial charge is 0.496 e. The van der Waals surface area contributed by atoms with E-state index in [1.807, 2.05) is 36.7 Å². The number of aromatic amines is 1. The Morgan fingerprint density at radius 1 is 1.28 bits per heavy atom. The van der Waals surface area contributed by atoms with Gasteiger partial charge in [-0.25, -0.2) is 9.97 Å². The first-order valence-corrected chi connectivity index (χ1v) is 9.33. The molecule has 5 nitrogen and oxygen atoms in total. The van der Waals surface area contributed by atoms with E-state index < -0.39 is 0 Å². The van der Waals surface area contributed by atoms with Crippen molar-refractivity contribution in [3.63, 3.8) is 0 Å². The van der Waals surface area contributed by atoms with Gasteiger partial charge in [0.15, 0.2) is 4.77 Å². The minimum atomic E-state index is 0.566. The van der Waals surface area contributed by atoms with Crippen LogP contribution in [0.15, 0.2) is 36.7 Å². The number of benzene rings is 1. The highest BCUT2D eigenvalue weighted by Gasteiger charge is 2.18. The first-order valence-electron chi connectivity index (χ1n) is 8.10. The van der Waals surface area contributed by atoms with Gasteiger partial charge in [0.2, 0.25) is 0 Å². The van der Waals surface area contributed by atoms with Gasteiger partial charge in [-0.2, -0.15) is 0 Å². The zero-order chi connectivity index (χ0) is 17.2. The Kier molecular flexibility index (Phi) is 4.61. The number of ether oxygens (including phenoxy) is 1. The standard InChI is InChI=1S/C18H18N4OS2/c1-23-16-5-3-2-4-14(16)17-19-9-13(25-17)11-22-7-6-15-12(10-22)8-20-18(24)21-15/h2-5,8-9H,6-7,10-11H2,1H3,(H,20,21,24). The van der Waals surface area contributed by atoms with Crippen LogP contribution in [-0.4, -0.2) is 33.5 Å². The lowest BCUT2D eigenvalue weighted by molar-refractivity contribution is 0.244. The first-order chi connectivity index (χ1) is 12.2. The number of rotatable bonds is 4. The SMILES string of the molecule is COc1ccccc1-c1ncc(CN2CCc3[nH]c(=S)ncc3C2)s1. The average Bonchev–Trinajstić information content (AvgIpc) is 3.10. The fourth-order valence-electron chi connectivity index (χ4n) is 3.09. The molecule has 0 spiro atoms. The van der Waals surface area contributed by atoms with Crippen molar-refractivity contribution < 1.29 is 4.74 Å². The fourth-order valence-corrected chi connectivity index (χ4v) is 4.25. The Labute approximate surface area is 155 Å². The molecule has 0 bridgehead atoms. The molecule has 0 radical (unpaired) electrons. The molecule has 1 aliphatic rings. The van der Waals surface area contributed by atoms with Gasteiger partial charge in [-0.1, -0.05) is 12.1 Å². The summed E-state index contributed by atoms with van der Waals surface area (Å²) in [6, 6.07) is 8.00. The maximum atomic E-state index is 5.44. The zero-order valence-corrected chi connectivity index (χ0v) is 15.5. The Bertz CT molecular complexity index is 950. The molecule has 0 fully saturated rings. The van der Waals surface area contributed by atoms with Crippen LogP contribution < -0.4 is 4.74 Å². The lowest BCUT2D eigenvalue weighted by Gasteiger charge is -2.27. The zero-order valence-electron chi connectivity index (χ0n) is 13.9. The number of nitrogens with one attached hydrogen (secondary N) is 1. The molecular weight excluding hydrogens is 352 g/mol. The van der Waals surface area contributed by atoms with Crippen LogP contribution in [0.1, 0.15) is 16.1 Å². The molecule has 2 aromatic heterocycles. The van der Waals surface area contributed by atoms with E-state index in [0.29, 0.717) is 4.77 Å². The Morgan fingerprint density at radius 3 is 3.04 bits per heavy atom. The van der Waals surface area contributed by atoms with Crippen LogP contribution in [-0.2, 0) is 19.5 Å². The smallest absolute Gasteiger partial charge is 0.196 e. The molecule has 3 aromatic rings. The van der Waals surface area contributed by atoms with Crippen LogP contribution >= 0.6 is 23.6 Å². The lowest BCUT2D eigenvalue weighted by atomic mass is 10.1. The molecule has 4 rings (SSSR count). The van der Waals surface area contributed by atoms with Crippen LogP contribution in [0.2, 0.25) is 0 Å². The summed E-state index contributed by atoms with van der Waals surface area (Å²) < 4.78 is 6.01. The maximum Gasteiger partial charge on any atom is 0.196 e. The summed E-state index contributed by atoms with van der Waals surface area (Å²) in [7, 11) is 1.69. The summed E-state index contributed by atoms with van der Waals surface area (Å²) in [5.41, 5.74) is 3.49. The molecule has 0 atom stereocenters. The molecule has 0 saturated heterocycles. The van der Waals surface area contributed by atoms with Gasteiger partial charge in [0.05, 0.1) is 12.7 Å². The highest BCUT2D eigenvalue weighted by atomic mass is 32.1. The Morgan fingerprint density at radius 2 is 2.16 bits per heavy atom. The summed E-state index contributed by atoms with van der Waals surface area (Å²) in [4.78, 5) is 15.7. The van der Waals surface area contributed by atoms with Crippen LogP contribution in [0.3, 0.4) is 0 Å². The first kappa shape index (κ1) is 16.4. The van der Waals surface area contributed by atoms with Crippen molar-refractivity contribution in [3.8, 4) is 16.3 Å². The number of para-hydroxylation sites is 1. The second kappa shape index (κ2) is 7.03. The number of H-pyrrole nitrogens is 1. The van der Waals surface area contributed by atoms with E-state index in [1.54, 1.807) is 18.4 Å². The van der Waals surface area contributed by atoms with Crippen LogP contribution in [0.4, 0.5) is 0 Å². The molecule has 0 saturated carbocycles. The van der Waals surface area contributed by atoms with Crippen LogP contribution in [0.5, 0.6) is 5.75 Å². The van der Waals surface area contributed by atoms with Gasteiger partial charge >= 0.3 is 0 Å². The second-order valence-electron chi connectivity index (χ2n) is 5.98. The molecule has 3 heterocycles. The van der Waals surface area contributed by atoms with E-state index in [1.165, 1.54) is 16.1 Å². The summed E-state index contributed by atoms with van der Waals surface area (Å²) in [6.45, 7) is 2.78. The normalized spacial score (nSPS) is 14.3. The van der Waals surface area contributed by atoms with E-state index in [0.717, 1.165) is 42.4 Å². The molecule has 0 aliphatic carbocycles. The molecular formula is C18H18N4OS2. The quantitative estimate of drug-likeness (QED) is 0.708. The lowest BCUT2D eigenvalue weighted by Crippen LogP contribution is -2.30. The van der Waals surface area contributed by atoms with Gasteiger partial charge < -0.3 is 9.72 Å². The van der Waals surface area contributed by atoms with E-state index in [-0.39, 0.29) is 0 Å². The van der Waals surface area contributed by atoms with Crippen molar-refractivity contribution in [2.45, 2.75) is 19.5 Å². The third-order valence-electron chi connectivity index (χ3n) is 4.33. The second-order valence-corrected chi connectivity index (χ2v) is 7.49. The molecule has 0 unspecified atom stereocenters. The monoisotopic (exact) mass is 370 g/mol. The van der Waals surface area contributed by atoms with Gasteiger partial charge in [0, 0.05) is 54.6 Å². The number of nitrogens with zero attached hydrogens (tertiary/aromatic N) is 3. The fraction of sp³-hybridized carbons (Fsp3) is 0.278. The van der Waals surface area contributed by atoms with Crippen molar-refractivity contribution >= 4 is 23.6 Å². The van der Waals surface area contributed by atoms with Crippen molar-refractivity contribution in [2.75, 3.05) is 13.7 Å². The van der Waals surface area contributed by atoms with Crippen molar-refractivity contribution in [2.24, 2.45) is 0 Å². The number of thiazole rings is 1. The number of hydrogen-bond donors (Lipinski definition) is 1. The van der Waals surface area contributed by atoms with Gasteiger partial charge in [-0.3, -0.25) is 4.90 Å². The predicted molar refractivity (Wildman–Crippen MR) is 101 cm³/mol. The van der Waals surface area contributed by atoms with E-state index in [2.05, 4.69) is 19.9 Å². The molecule has 0 amide bonds. The molecule has 7 heteroatoms. The molecule has 25 heavy (non-hydrogen) atoms. The van der Waals surface area contributed by atoms with Crippen LogP contribution in [0, 0.1) is 4.77 Å². The molecule has 1 N–H and O–H groups in total. The molecule has 1 aromatic carbocycles. The number of aromatic nitrogens is 3. The average molecular weight is 371 g/mol. The van der Waals surface area contributed by atoms with Gasteiger partial charge in [0.25, 0.3) is 0 Å². The maximum absolute atomic E-state index is 5.44. The molecule has 1 aliphatic heterocycles. The van der Waals surface area contributed by atoms with Gasteiger partial charge in [-0.05, 0) is 24.4 Å². The summed E-state index contributed by atoms with van der Waals surface area (Å²) in [5.74, 6) is 0.858. The minimum absolute atomic E-state index is 0.566. The third-order valence-corrected chi connectivity index (χ3v) is 5.55. The number of methoxy groups -OCH3 is 1. The number of fused-ring (bicyclic) bond motifs is 1. The predicted octanol–water partition coefficient (Wildman–Crippen LogP) is 3.83. The van der Waals surface area contributed by atoms with Crippen molar-refractivity contribution in [3.05, 3.63) is 57.6 Å². The topological polar surface area (TPSA) is 54.0 Å². The minimum Gasteiger partial charge on any atom is -0.496 e. The molecule has 128 valence electrons. The van der Waals surface area contributed by atoms with E-state index in [9.17, 15) is 0 Å². The van der Waals surface area contributed by atoms with E-state index >= 15 is 0 Å². The number of hydrogen-bond acceptors (Lipinski definition) is 6. The van der Waals surface area contributed by atoms with Crippen LogP contribution in [0.25, 0.3) is 10.6 Å². The third kappa shape index (κ3) is 3.49. The van der Waals surface area contributed by atoms with Crippen molar-refractivity contribution in [1.29, 1.82) is 0 Å². The summed E-state index contributed by atoms with van der Waals surface area (Å²) in [6.07, 6.45) is 4.84. The van der Waals surface area contributed by atoms with Crippen molar-refractivity contribution in [1.82, 2.24) is 19.9 Å².